The van der Waals surface area contributed by atoms with E-state index in [-0.39, 0.29) is 0 Å². The quantitative estimate of drug-likeness (QED) is 0.689. The van der Waals surface area contributed by atoms with Crippen LogP contribution in [0.4, 0.5) is 17.1 Å². The molecule has 0 aromatic heterocycles. The fourth-order valence-electron chi connectivity index (χ4n) is 1.93. The maximum absolute atomic E-state index is 6.03. The molecule has 0 atom stereocenters. The molecule has 0 aliphatic heterocycles. The van der Waals surface area contributed by atoms with Crippen LogP contribution in [0.3, 0.4) is 0 Å². The van der Waals surface area contributed by atoms with Crippen molar-refractivity contribution in [3.63, 3.8) is 0 Å². The summed E-state index contributed by atoms with van der Waals surface area (Å²) >= 11 is 0. The van der Waals surface area contributed by atoms with Crippen molar-refractivity contribution >= 4 is 17.1 Å². The van der Waals surface area contributed by atoms with Gasteiger partial charge >= 0.3 is 0 Å². The van der Waals surface area contributed by atoms with E-state index in [4.69, 9.17) is 17.2 Å². The molecule has 0 unspecified atom stereocenters. The lowest BCUT2D eigenvalue weighted by atomic mass is 9.98. The Morgan fingerprint density at radius 2 is 1.59 bits per heavy atom. The summed E-state index contributed by atoms with van der Waals surface area (Å²) in [5, 5.41) is 0. The monoisotopic (exact) mass is 227 g/mol. The van der Waals surface area contributed by atoms with Gasteiger partial charge in [-0.15, -0.1) is 0 Å². The molecule has 3 nitrogen and oxygen atoms in total. The minimum Gasteiger partial charge on any atom is -0.398 e. The molecule has 0 aliphatic rings. The van der Waals surface area contributed by atoms with Gasteiger partial charge in [-0.25, -0.2) is 0 Å². The fourth-order valence-corrected chi connectivity index (χ4v) is 1.93. The molecule has 17 heavy (non-hydrogen) atoms. The molecule has 2 rings (SSSR count). The molecule has 0 saturated heterocycles. The first-order valence-electron chi connectivity index (χ1n) is 5.56. The Morgan fingerprint density at radius 3 is 2.24 bits per heavy atom. The van der Waals surface area contributed by atoms with E-state index in [1.807, 2.05) is 31.2 Å². The third-order valence-electron chi connectivity index (χ3n) is 2.98. The van der Waals surface area contributed by atoms with E-state index in [0.29, 0.717) is 23.5 Å². The zero-order valence-corrected chi connectivity index (χ0v) is 9.90. The summed E-state index contributed by atoms with van der Waals surface area (Å²) < 4.78 is 0. The standard InChI is InChI=1S/C14H17N3/c1-9-7-12(15)11(14(17)13(9)16)8-10-5-3-2-4-6-10/h2-7H,8,15-17H2,1H3. The first-order chi connectivity index (χ1) is 8.09. The molecule has 3 heteroatoms. The summed E-state index contributed by atoms with van der Waals surface area (Å²) in [5.41, 5.74) is 22.9. The number of benzene rings is 2. The van der Waals surface area contributed by atoms with Crippen LogP contribution in [0.25, 0.3) is 0 Å². The van der Waals surface area contributed by atoms with Gasteiger partial charge in [0, 0.05) is 17.7 Å². The van der Waals surface area contributed by atoms with E-state index in [9.17, 15) is 0 Å². The fraction of sp³-hybridized carbons (Fsp3) is 0.143. The van der Waals surface area contributed by atoms with Crippen molar-refractivity contribution in [2.24, 2.45) is 0 Å². The summed E-state index contributed by atoms with van der Waals surface area (Å²) in [5.74, 6) is 0. The Kier molecular flexibility index (Phi) is 2.91. The van der Waals surface area contributed by atoms with E-state index in [0.717, 1.165) is 11.1 Å². The van der Waals surface area contributed by atoms with Gasteiger partial charge in [0.15, 0.2) is 0 Å². The number of hydrogen-bond acceptors (Lipinski definition) is 3. The molecule has 6 N–H and O–H groups in total. The maximum Gasteiger partial charge on any atom is 0.0607 e. The van der Waals surface area contributed by atoms with E-state index in [1.54, 1.807) is 0 Å². The minimum atomic E-state index is 0.603. The highest BCUT2D eigenvalue weighted by molar-refractivity contribution is 5.78. The second-order valence-corrected chi connectivity index (χ2v) is 4.25. The van der Waals surface area contributed by atoms with E-state index < -0.39 is 0 Å². The number of rotatable bonds is 2. The van der Waals surface area contributed by atoms with Crippen LogP contribution in [0, 0.1) is 6.92 Å². The van der Waals surface area contributed by atoms with Gasteiger partial charge in [-0.05, 0) is 24.1 Å². The Hall–Kier alpha value is -2.16. The smallest absolute Gasteiger partial charge is 0.0607 e. The number of aryl methyl sites for hydroxylation is 1. The van der Waals surface area contributed by atoms with Gasteiger partial charge in [-0.3, -0.25) is 0 Å². The number of nitrogen functional groups attached to an aromatic ring is 3. The number of anilines is 3. The molecule has 0 bridgehead atoms. The molecule has 0 radical (unpaired) electrons. The summed E-state index contributed by atoms with van der Waals surface area (Å²) in [7, 11) is 0. The van der Waals surface area contributed by atoms with Crippen LogP contribution >= 0.6 is 0 Å². The zero-order valence-electron chi connectivity index (χ0n) is 9.90. The van der Waals surface area contributed by atoms with Gasteiger partial charge in [-0.2, -0.15) is 0 Å². The first-order valence-corrected chi connectivity index (χ1v) is 5.56. The molecular formula is C14H17N3. The van der Waals surface area contributed by atoms with Crippen LogP contribution in [0.2, 0.25) is 0 Å². The lowest BCUT2D eigenvalue weighted by molar-refractivity contribution is 1.20. The minimum absolute atomic E-state index is 0.603. The Balaban J connectivity index is 2.43. The second kappa shape index (κ2) is 4.37. The van der Waals surface area contributed by atoms with Crippen molar-refractivity contribution in [2.45, 2.75) is 13.3 Å². The van der Waals surface area contributed by atoms with Crippen molar-refractivity contribution in [2.75, 3.05) is 17.2 Å². The Labute approximate surface area is 101 Å². The van der Waals surface area contributed by atoms with Crippen LogP contribution in [-0.4, -0.2) is 0 Å². The highest BCUT2D eigenvalue weighted by Crippen LogP contribution is 2.31. The number of nitrogens with two attached hydrogens (primary N) is 3. The Morgan fingerprint density at radius 1 is 0.941 bits per heavy atom. The van der Waals surface area contributed by atoms with Gasteiger partial charge in [0.25, 0.3) is 0 Å². The summed E-state index contributed by atoms with van der Waals surface area (Å²) in [6, 6.07) is 12.0. The van der Waals surface area contributed by atoms with Crippen LogP contribution in [0.15, 0.2) is 36.4 Å². The maximum atomic E-state index is 6.03. The predicted octanol–water partition coefficient (Wildman–Crippen LogP) is 2.33. The molecule has 0 heterocycles. The SMILES string of the molecule is Cc1cc(N)c(Cc2ccccc2)c(N)c1N. The highest BCUT2D eigenvalue weighted by atomic mass is 14.7. The average Bonchev–Trinajstić information content (AvgIpc) is 2.33. The van der Waals surface area contributed by atoms with Gasteiger partial charge < -0.3 is 17.2 Å². The first kappa shape index (κ1) is 11.3. The lowest BCUT2D eigenvalue weighted by Gasteiger charge is -2.14. The summed E-state index contributed by atoms with van der Waals surface area (Å²) in [6.45, 7) is 1.91. The third kappa shape index (κ3) is 2.18. The molecule has 2 aromatic carbocycles. The lowest BCUT2D eigenvalue weighted by Crippen LogP contribution is -2.06. The molecule has 0 aliphatic carbocycles. The third-order valence-corrected chi connectivity index (χ3v) is 2.98. The largest absolute Gasteiger partial charge is 0.398 e. The van der Waals surface area contributed by atoms with Crippen molar-refractivity contribution in [3.8, 4) is 0 Å². The number of hydrogen-bond donors (Lipinski definition) is 3. The van der Waals surface area contributed by atoms with Crippen LogP contribution in [-0.2, 0) is 6.42 Å². The Bertz CT molecular complexity index is 533. The van der Waals surface area contributed by atoms with Crippen molar-refractivity contribution in [1.29, 1.82) is 0 Å². The van der Waals surface area contributed by atoms with Gasteiger partial charge in [-0.1, -0.05) is 30.3 Å². The molecule has 0 spiro atoms. The molecule has 0 amide bonds. The molecule has 0 fully saturated rings. The van der Waals surface area contributed by atoms with E-state index >= 15 is 0 Å². The molecule has 0 saturated carbocycles. The predicted molar refractivity (Wildman–Crippen MR) is 73.7 cm³/mol. The van der Waals surface area contributed by atoms with E-state index in [1.165, 1.54) is 5.56 Å². The molecular weight excluding hydrogens is 210 g/mol. The van der Waals surface area contributed by atoms with Gasteiger partial charge in [0.05, 0.1) is 11.4 Å². The second-order valence-electron chi connectivity index (χ2n) is 4.25. The highest BCUT2D eigenvalue weighted by Gasteiger charge is 2.10. The van der Waals surface area contributed by atoms with Crippen LogP contribution in [0.5, 0.6) is 0 Å². The summed E-state index contributed by atoms with van der Waals surface area (Å²) in [6.07, 6.45) is 0.711. The summed E-state index contributed by atoms with van der Waals surface area (Å²) in [4.78, 5) is 0. The van der Waals surface area contributed by atoms with Gasteiger partial charge in [0.1, 0.15) is 0 Å². The normalized spacial score (nSPS) is 10.4. The van der Waals surface area contributed by atoms with E-state index in [2.05, 4.69) is 12.1 Å². The topological polar surface area (TPSA) is 78.1 Å². The van der Waals surface area contributed by atoms with Gasteiger partial charge in [0.2, 0.25) is 0 Å². The molecule has 88 valence electrons. The molecule has 2 aromatic rings. The van der Waals surface area contributed by atoms with Crippen LogP contribution in [0.1, 0.15) is 16.7 Å². The van der Waals surface area contributed by atoms with Crippen LogP contribution < -0.4 is 17.2 Å². The zero-order chi connectivity index (χ0) is 12.4. The van der Waals surface area contributed by atoms with Crippen molar-refractivity contribution in [3.05, 3.63) is 53.1 Å². The van der Waals surface area contributed by atoms with Crippen molar-refractivity contribution in [1.82, 2.24) is 0 Å². The van der Waals surface area contributed by atoms with Crippen molar-refractivity contribution < 1.29 is 0 Å². The average molecular weight is 227 g/mol.